The Morgan fingerprint density at radius 3 is 2.62 bits per heavy atom. The minimum atomic E-state index is -0.357. The molecule has 21 heavy (non-hydrogen) atoms. The van der Waals surface area contributed by atoms with E-state index in [1.54, 1.807) is 11.0 Å². The van der Waals surface area contributed by atoms with Crippen LogP contribution >= 0.6 is 0 Å². The Hall–Kier alpha value is -2.53. The van der Waals surface area contributed by atoms with E-state index in [1.807, 2.05) is 24.3 Å². The number of amides is 1. The smallest absolute Gasteiger partial charge is 0.258 e. The topological polar surface area (TPSA) is 81.0 Å². The van der Waals surface area contributed by atoms with E-state index in [0.717, 1.165) is 11.1 Å². The van der Waals surface area contributed by atoms with E-state index in [-0.39, 0.29) is 29.6 Å². The van der Waals surface area contributed by atoms with Gasteiger partial charge < -0.3 is 20.2 Å². The molecule has 0 saturated heterocycles. The van der Waals surface area contributed by atoms with Crippen molar-refractivity contribution in [1.82, 2.24) is 4.90 Å². The maximum absolute atomic E-state index is 12.3. The van der Waals surface area contributed by atoms with E-state index in [2.05, 4.69) is 0 Å². The Morgan fingerprint density at radius 1 is 1.10 bits per heavy atom. The van der Waals surface area contributed by atoms with Crippen LogP contribution in [-0.2, 0) is 19.7 Å². The van der Waals surface area contributed by atoms with Gasteiger partial charge in [-0.1, -0.05) is 30.3 Å². The largest absolute Gasteiger partial charge is 0.504 e. The number of phenols is 2. The van der Waals surface area contributed by atoms with Gasteiger partial charge in [0.1, 0.15) is 0 Å². The van der Waals surface area contributed by atoms with E-state index in [0.29, 0.717) is 18.7 Å². The highest BCUT2D eigenvalue weighted by molar-refractivity contribution is 6.01. The third-order valence-corrected chi connectivity index (χ3v) is 3.65. The van der Waals surface area contributed by atoms with Crippen LogP contribution in [0.1, 0.15) is 27.0 Å². The van der Waals surface area contributed by atoms with Gasteiger partial charge in [-0.05, 0) is 22.8 Å². The zero-order chi connectivity index (χ0) is 15.0. The fourth-order valence-electron chi connectivity index (χ4n) is 2.60. The number of carbonyl (C=O) groups is 1. The molecule has 5 nitrogen and oxygen atoms in total. The van der Waals surface area contributed by atoms with E-state index < -0.39 is 0 Å². The lowest BCUT2D eigenvalue weighted by Gasteiger charge is -2.16. The van der Waals surface area contributed by atoms with E-state index in [1.165, 1.54) is 6.07 Å². The zero-order valence-electron chi connectivity index (χ0n) is 11.3. The molecule has 1 heterocycles. The summed E-state index contributed by atoms with van der Waals surface area (Å²) < 4.78 is 0. The summed E-state index contributed by atoms with van der Waals surface area (Å²) in [6, 6.07) is 10.4. The minimum absolute atomic E-state index is 0.0450. The molecule has 1 aliphatic heterocycles. The lowest BCUT2D eigenvalue weighted by molar-refractivity contribution is 0.0764. The second kappa shape index (κ2) is 5.10. The van der Waals surface area contributed by atoms with Gasteiger partial charge in [-0.15, -0.1) is 0 Å². The predicted molar refractivity (Wildman–Crippen MR) is 75.7 cm³/mol. The van der Waals surface area contributed by atoms with Gasteiger partial charge in [-0.3, -0.25) is 4.79 Å². The molecule has 0 bridgehead atoms. The number of fused-ring (bicyclic) bond motifs is 1. The molecule has 3 rings (SSSR count). The van der Waals surface area contributed by atoms with Gasteiger partial charge in [-0.2, -0.15) is 0 Å². The van der Waals surface area contributed by atoms with Crippen LogP contribution in [0.3, 0.4) is 0 Å². The molecule has 0 fully saturated rings. The average molecular weight is 285 g/mol. The Bertz CT molecular complexity index is 711. The van der Waals surface area contributed by atoms with Crippen LogP contribution < -0.4 is 0 Å². The maximum atomic E-state index is 12.3. The maximum Gasteiger partial charge on any atom is 0.258 e. The number of nitrogens with zero attached hydrogens (tertiary/aromatic N) is 1. The van der Waals surface area contributed by atoms with Crippen molar-refractivity contribution in [3.8, 4) is 11.5 Å². The molecule has 3 N–H and O–H groups in total. The van der Waals surface area contributed by atoms with Crippen molar-refractivity contribution in [3.05, 3.63) is 58.7 Å². The van der Waals surface area contributed by atoms with Crippen molar-refractivity contribution < 1.29 is 20.1 Å². The van der Waals surface area contributed by atoms with E-state index in [4.69, 9.17) is 5.11 Å². The average Bonchev–Trinajstić information content (AvgIpc) is 2.80. The molecule has 2 aromatic rings. The van der Waals surface area contributed by atoms with Crippen LogP contribution in [-0.4, -0.2) is 26.1 Å². The Balaban J connectivity index is 1.86. The highest BCUT2D eigenvalue weighted by Crippen LogP contribution is 2.37. The molecular formula is C16H15NO4. The first-order chi connectivity index (χ1) is 10.1. The number of benzene rings is 2. The van der Waals surface area contributed by atoms with E-state index >= 15 is 0 Å². The quantitative estimate of drug-likeness (QED) is 0.750. The van der Waals surface area contributed by atoms with Gasteiger partial charge in [0.25, 0.3) is 5.91 Å². The summed E-state index contributed by atoms with van der Waals surface area (Å²) in [4.78, 5) is 13.9. The van der Waals surface area contributed by atoms with Gasteiger partial charge in [0.2, 0.25) is 0 Å². The van der Waals surface area contributed by atoms with Crippen molar-refractivity contribution >= 4 is 5.91 Å². The van der Waals surface area contributed by atoms with Crippen molar-refractivity contribution in [1.29, 1.82) is 0 Å². The van der Waals surface area contributed by atoms with Gasteiger partial charge in [-0.25, -0.2) is 0 Å². The number of aliphatic hydroxyl groups is 1. The van der Waals surface area contributed by atoms with Gasteiger partial charge in [0.05, 0.1) is 12.2 Å². The lowest BCUT2D eigenvalue weighted by Crippen LogP contribution is -2.23. The summed E-state index contributed by atoms with van der Waals surface area (Å²) in [7, 11) is 0. The summed E-state index contributed by atoms with van der Waals surface area (Å²) >= 11 is 0. The normalized spacial score (nSPS) is 13.6. The van der Waals surface area contributed by atoms with Gasteiger partial charge in [0.15, 0.2) is 11.5 Å². The summed E-state index contributed by atoms with van der Waals surface area (Å²) in [5.41, 5.74) is 2.57. The molecule has 0 radical (unpaired) electrons. The number of aliphatic hydroxyl groups excluding tert-OH is 1. The molecule has 108 valence electrons. The van der Waals surface area contributed by atoms with E-state index in [9.17, 15) is 15.0 Å². The third-order valence-electron chi connectivity index (χ3n) is 3.65. The van der Waals surface area contributed by atoms with Gasteiger partial charge in [0, 0.05) is 13.1 Å². The van der Waals surface area contributed by atoms with Crippen LogP contribution in [0.2, 0.25) is 0 Å². The molecule has 5 heteroatoms. The molecule has 0 atom stereocenters. The molecule has 0 unspecified atom stereocenters. The van der Waals surface area contributed by atoms with Crippen molar-refractivity contribution in [2.75, 3.05) is 0 Å². The number of hydrogen-bond donors (Lipinski definition) is 3. The Kier molecular flexibility index (Phi) is 3.27. The molecule has 0 saturated carbocycles. The number of carbonyl (C=O) groups excluding carboxylic acids is 1. The van der Waals surface area contributed by atoms with Crippen LogP contribution in [0.15, 0.2) is 36.4 Å². The molecule has 2 aromatic carbocycles. The Morgan fingerprint density at radius 2 is 1.86 bits per heavy atom. The molecule has 0 aliphatic carbocycles. The standard InChI is InChI=1S/C16H15NO4/c18-9-11-3-1-2-10(6-11)7-17-8-12-4-5-13(19)15(20)14(12)16(17)21/h1-6,18-20H,7-9H2. The molecule has 1 amide bonds. The van der Waals surface area contributed by atoms with Gasteiger partial charge >= 0.3 is 0 Å². The first-order valence-electron chi connectivity index (χ1n) is 6.62. The van der Waals surface area contributed by atoms with Crippen molar-refractivity contribution in [2.45, 2.75) is 19.7 Å². The highest BCUT2D eigenvalue weighted by Gasteiger charge is 2.31. The summed E-state index contributed by atoms with van der Waals surface area (Å²) in [6.07, 6.45) is 0. The third kappa shape index (κ3) is 2.32. The molecule has 1 aliphatic rings. The van der Waals surface area contributed by atoms with Crippen LogP contribution in [0.4, 0.5) is 0 Å². The second-order valence-corrected chi connectivity index (χ2v) is 5.11. The molecule has 0 aromatic heterocycles. The Labute approximate surface area is 121 Å². The molecule has 0 spiro atoms. The monoisotopic (exact) mass is 285 g/mol. The number of aromatic hydroxyl groups is 2. The van der Waals surface area contributed by atoms with Crippen molar-refractivity contribution in [2.24, 2.45) is 0 Å². The fraction of sp³-hybridized carbons (Fsp3) is 0.188. The van der Waals surface area contributed by atoms with Crippen molar-refractivity contribution in [3.63, 3.8) is 0 Å². The highest BCUT2D eigenvalue weighted by atomic mass is 16.3. The zero-order valence-corrected chi connectivity index (χ0v) is 11.3. The first kappa shape index (κ1) is 13.5. The first-order valence-corrected chi connectivity index (χ1v) is 6.62. The SMILES string of the molecule is O=C1c2c(ccc(O)c2O)CN1Cc1cccc(CO)c1. The van der Waals surface area contributed by atoms with Crippen LogP contribution in [0.5, 0.6) is 11.5 Å². The second-order valence-electron chi connectivity index (χ2n) is 5.11. The van der Waals surface area contributed by atoms with Crippen LogP contribution in [0.25, 0.3) is 0 Å². The molecular weight excluding hydrogens is 270 g/mol. The number of rotatable bonds is 3. The number of hydrogen-bond acceptors (Lipinski definition) is 4. The van der Waals surface area contributed by atoms with Crippen LogP contribution in [0, 0.1) is 0 Å². The summed E-state index contributed by atoms with van der Waals surface area (Å²) in [6.45, 7) is 0.740. The summed E-state index contributed by atoms with van der Waals surface area (Å²) in [5.74, 6) is -0.942. The minimum Gasteiger partial charge on any atom is -0.504 e. The summed E-state index contributed by atoms with van der Waals surface area (Å²) in [5, 5.41) is 28.5. The number of phenolic OH excluding ortho intramolecular Hbond substituents is 2. The lowest BCUT2D eigenvalue weighted by atomic mass is 10.1. The predicted octanol–water partition coefficient (Wildman–Crippen LogP) is 1.75. The fourth-order valence-corrected chi connectivity index (χ4v) is 2.60.